The molecular weight excluding hydrogens is 248 g/mol. The van der Waals surface area contributed by atoms with Crippen LogP contribution >= 0.6 is 0 Å². The Kier molecular flexibility index (Phi) is 4.22. The van der Waals surface area contributed by atoms with Gasteiger partial charge in [0.05, 0.1) is 18.9 Å². The van der Waals surface area contributed by atoms with Crippen molar-refractivity contribution in [3.8, 4) is 0 Å². The molecule has 0 aliphatic heterocycles. The summed E-state index contributed by atoms with van der Waals surface area (Å²) in [4.78, 5) is 19.6. The standard InChI is InChI=1S/C12H14N4O3/c13-10-4-6-16(12(18)15-10)11(19-8-7-17)9-3-1-2-5-14-9/h1-6,11,17H,7-8H2,(H2,13,15,18). The number of nitrogens with zero attached hydrogens (tertiary/aromatic N) is 3. The van der Waals surface area contributed by atoms with Crippen LogP contribution in [0.25, 0.3) is 0 Å². The number of rotatable bonds is 5. The summed E-state index contributed by atoms with van der Waals surface area (Å²) < 4.78 is 6.73. The summed E-state index contributed by atoms with van der Waals surface area (Å²) in [5, 5.41) is 8.85. The van der Waals surface area contributed by atoms with E-state index in [0.717, 1.165) is 0 Å². The molecule has 0 spiro atoms. The molecule has 7 heteroatoms. The zero-order valence-corrected chi connectivity index (χ0v) is 10.1. The summed E-state index contributed by atoms with van der Waals surface area (Å²) in [5.74, 6) is 0.142. The maximum Gasteiger partial charge on any atom is 0.351 e. The molecule has 0 saturated heterocycles. The number of aliphatic hydroxyl groups excluding tert-OH is 1. The molecule has 0 saturated carbocycles. The second-order valence-electron chi connectivity index (χ2n) is 3.74. The van der Waals surface area contributed by atoms with Crippen molar-refractivity contribution in [2.75, 3.05) is 18.9 Å². The van der Waals surface area contributed by atoms with E-state index < -0.39 is 11.9 Å². The van der Waals surface area contributed by atoms with E-state index in [1.165, 1.54) is 16.8 Å². The Balaban J connectivity index is 2.40. The lowest BCUT2D eigenvalue weighted by Crippen LogP contribution is -2.30. The van der Waals surface area contributed by atoms with E-state index in [1.807, 2.05) is 0 Å². The fourth-order valence-electron chi connectivity index (χ4n) is 1.60. The minimum absolute atomic E-state index is 0.0814. The third-order valence-corrected chi connectivity index (χ3v) is 2.41. The van der Waals surface area contributed by atoms with Gasteiger partial charge in [0.2, 0.25) is 0 Å². The van der Waals surface area contributed by atoms with Crippen LogP contribution in [-0.4, -0.2) is 32.9 Å². The number of pyridine rings is 1. The second-order valence-corrected chi connectivity index (χ2v) is 3.74. The Hall–Kier alpha value is -2.25. The summed E-state index contributed by atoms with van der Waals surface area (Å²) in [7, 11) is 0. The van der Waals surface area contributed by atoms with E-state index in [4.69, 9.17) is 15.6 Å². The first-order valence-corrected chi connectivity index (χ1v) is 5.70. The minimum atomic E-state index is -0.742. The van der Waals surface area contributed by atoms with E-state index in [1.54, 1.807) is 24.4 Å². The Morgan fingerprint density at radius 2 is 2.26 bits per heavy atom. The summed E-state index contributed by atoms with van der Waals surface area (Å²) in [6.07, 6.45) is 2.34. The van der Waals surface area contributed by atoms with Crippen molar-refractivity contribution in [1.29, 1.82) is 0 Å². The number of nitrogen functional groups attached to an aromatic ring is 1. The molecule has 0 amide bonds. The van der Waals surface area contributed by atoms with Gasteiger partial charge >= 0.3 is 5.69 Å². The van der Waals surface area contributed by atoms with Crippen molar-refractivity contribution in [3.05, 3.63) is 52.8 Å². The largest absolute Gasteiger partial charge is 0.394 e. The number of anilines is 1. The molecule has 2 heterocycles. The first kappa shape index (κ1) is 13.2. The zero-order chi connectivity index (χ0) is 13.7. The average Bonchev–Trinajstić information content (AvgIpc) is 2.42. The highest BCUT2D eigenvalue weighted by atomic mass is 16.5. The van der Waals surface area contributed by atoms with Gasteiger partial charge in [0, 0.05) is 12.4 Å². The molecule has 1 unspecified atom stereocenters. The van der Waals surface area contributed by atoms with Gasteiger partial charge in [-0.3, -0.25) is 9.55 Å². The van der Waals surface area contributed by atoms with Crippen LogP contribution in [0.2, 0.25) is 0 Å². The van der Waals surface area contributed by atoms with Gasteiger partial charge in [-0.25, -0.2) is 4.79 Å². The van der Waals surface area contributed by atoms with Crippen LogP contribution in [0.1, 0.15) is 11.9 Å². The third kappa shape index (κ3) is 3.15. The predicted molar refractivity (Wildman–Crippen MR) is 68.3 cm³/mol. The van der Waals surface area contributed by atoms with Gasteiger partial charge in [0.15, 0.2) is 6.23 Å². The van der Waals surface area contributed by atoms with Gasteiger partial charge in [-0.2, -0.15) is 4.98 Å². The summed E-state index contributed by atoms with van der Waals surface area (Å²) in [6.45, 7) is -0.0709. The summed E-state index contributed by atoms with van der Waals surface area (Å²) in [5.41, 5.74) is 5.46. The van der Waals surface area contributed by atoms with Crippen LogP contribution in [0.3, 0.4) is 0 Å². The summed E-state index contributed by atoms with van der Waals surface area (Å²) >= 11 is 0. The number of aliphatic hydroxyl groups is 1. The minimum Gasteiger partial charge on any atom is -0.394 e. The van der Waals surface area contributed by atoms with Crippen molar-refractivity contribution in [3.63, 3.8) is 0 Å². The molecule has 2 rings (SSSR count). The van der Waals surface area contributed by atoms with Crippen LogP contribution in [-0.2, 0) is 4.74 Å². The maximum absolute atomic E-state index is 11.8. The fraction of sp³-hybridized carbons (Fsp3) is 0.250. The van der Waals surface area contributed by atoms with E-state index in [2.05, 4.69) is 9.97 Å². The Bertz CT molecular complexity index is 585. The molecule has 1 atom stereocenters. The number of nitrogens with two attached hydrogens (primary N) is 1. The molecule has 2 aromatic heterocycles. The van der Waals surface area contributed by atoms with Crippen LogP contribution in [0.15, 0.2) is 41.5 Å². The Labute approximate surface area is 109 Å². The number of ether oxygens (including phenoxy) is 1. The maximum atomic E-state index is 11.8. The number of aromatic nitrogens is 3. The normalized spacial score (nSPS) is 12.3. The van der Waals surface area contributed by atoms with E-state index in [9.17, 15) is 4.79 Å². The van der Waals surface area contributed by atoms with E-state index in [-0.39, 0.29) is 19.0 Å². The van der Waals surface area contributed by atoms with Gasteiger partial charge < -0.3 is 15.6 Å². The molecule has 7 nitrogen and oxygen atoms in total. The fourth-order valence-corrected chi connectivity index (χ4v) is 1.60. The molecule has 19 heavy (non-hydrogen) atoms. The Morgan fingerprint density at radius 1 is 1.42 bits per heavy atom. The lowest BCUT2D eigenvalue weighted by molar-refractivity contribution is 0.00564. The molecule has 0 aliphatic rings. The Morgan fingerprint density at radius 3 is 2.89 bits per heavy atom. The van der Waals surface area contributed by atoms with Gasteiger partial charge in [-0.15, -0.1) is 0 Å². The number of hydrogen-bond donors (Lipinski definition) is 2. The molecule has 0 radical (unpaired) electrons. The highest BCUT2D eigenvalue weighted by molar-refractivity contribution is 5.24. The molecule has 0 fully saturated rings. The van der Waals surface area contributed by atoms with E-state index >= 15 is 0 Å². The predicted octanol–water partition coefficient (Wildman–Crippen LogP) is -0.224. The first-order valence-electron chi connectivity index (χ1n) is 5.70. The second kappa shape index (κ2) is 6.07. The van der Waals surface area contributed by atoms with Crippen LogP contribution < -0.4 is 11.4 Å². The van der Waals surface area contributed by atoms with Gasteiger partial charge in [0.25, 0.3) is 0 Å². The van der Waals surface area contributed by atoms with Crippen molar-refractivity contribution < 1.29 is 9.84 Å². The van der Waals surface area contributed by atoms with Gasteiger partial charge in [-0.05, 0) is 18.2 Å². The molecular formula is C12H14N4O3. The van der Waals surface area contributed by atoms with Crippen LogP contribution in [0.4, 0.5) is 5.82 Å². The first-order chi connectivity index (χ1) is 9.22. The lowest BCUT2D eigenvalue weighted by atomic mass is 10.3. The summed E-state index contributed by atoms with van der Waals surface area (Å²) in [6, 6.07) is 6.77. The third-order valence-electron chi connectivity index (χ3n) is 2.41. The zero-order valence-electron chi connectivity index (χ0n) is 10.1. The topological polar surface area (TPSA) is 103 Å². The molecule has 0 aromatic carbocycles. The highest BCUT2D eigenvalue weighted by Crippen LogP contribution is 2.15. The number of hydrogen-bond acceptors (Lipinski definition) is 6. The quantitative estimate of drug-likeness (QED) is 0.772. The smallest absolute Gasteiger partial charge is 0.351 e. The molecule has 2 aromatic rings. The van der Waals surface area contributed by atoms with Crippen molar-refractivity contribution in [1.82, 2.24) is 14.5 Å². The SMILES string of the molecule is Nc1ccn(C(OCCO)c2ccccn2)c(=O)n1. The molecule has 100 valence electrons. The molecule has 3 N–H and O–H groups in total. The highest BCUT2D eigenvalue weighted by Gasteiger charge is 2.17. The van der Waals surface area contributed by atoms with E-state index in [0.29, 0.717) is 5.69 Å². The van der Waals surface area contributed by atoms with Crippen molar-refractivity contribution in [2.45, 2.75) is 6.23 Å². The van der Waals surface area contributed by atoms with Gasteiger partial charge in [-0.1, -0.05) is 6.07 Å². The van der Waals surface area contributed by atoms with Crippen LogP contribution in [0.5, 0.6) is 0 Å². The lowest BCUT2D eigenvalue weighted by Gasteiger charge is -2.18. The van der Waals surface area contributed by atoms with Crippen LogP contribution in [0, 0.1) is 0 Å². The van der Waals surface area contributed by atoms with Crippen molar-refractivity contribution >= 4 is 5.82 Å². The van der Waals surface area contributed by atoms with Gasteiger partial charge in [0.1, 0.15) is 5.82 Å². The van der Waals surface area contributed by atoms with Crippen molar-refractivity contribution in [2.24, 2.45) is 0 Å². The monoisotopic (exact) mass is 262 g/mol. The average molecular weight is 262 g/mol. The molecule has 0 aliphatic carbocycles. The molecule has 0 bridgehead atoms.